The number of nitrogens with zero attached hydrogens (tertiary/aromatic N) is 1. The van der Waals surface area contributed by atoms with Crippen molar-refractivity contribution in [2.45, 2.75) is 97.5 Å². The SMILES string of the molecule is C[C@H](CCC(=O)N(C)CCS(=O)(=O)O)[C@H]1CC[C@H]2[C@@H]3CC[C@@H]4C[C@H](O)CC[C@]4(C)[C@H]3CC[C@]12C. The van der Waals surface area contributed by atoms with Gasteiger partial charge in [-0.05, 0) is 111 Å². The molecule has 0 bridgehead atoms. The van der Waals surface area contributed by atoms with Crippen LogP contribution in [0.5, 0.6) is 0 Å². The molecule has 0 aromatic rings. The van der Waals surface area contributed by atoms with Crippen LogP contribution in [0.3, 0.4) is 0 Å². The number of rotatable bonds is 7. The zero-order chi connectivity index (χ0) is 24.9. The Hall–Kier alpha value is -0.660. The van der Waals surface area contributed by atoms with Gasteiger partial charge in [0.05, 0.1) is 11.9 Å². The molecule has 4 aliphatic carbocycles. The predicted octanol–water partition coefficient (Wildman–Crippen LogP) is 4.77. The molecule has 2 N–H and O–H groups in total. The first-order chi connectivity index (χ1) is 15.8. The summed E-state index contributed by atoms with van der Waals surface area (Å²) in [7, 11) is -2.43. The molecule has 9 atom stereocenters. The zero-order valence-electron chi connectivity index (χ0n) is 21.7. The molecule has 0 saturated heterocycles. The highest BCUT2D eigenvalue weighted by Gasteiger charge is 2.60. The largest absolute Gasteiger partial charge is 0.393 e. The normalized spacial score (nSPS) is 42.9. The third-order valence-corrected chi connectivity index (χ3v) is 12.0. The summed E-state index contributed by atoms with van der Waals surface area (Å²) in [5, 5.41) is 10.3. The maximum Gasteiger partial charge on any atom is 0.266 e. The van der Waals surface area contributed by atoms with Gasteiger partial charge in [0.1, 0.15) is 0 Å². The highest BCUT2D eigenvalue weighted by molar-refractivity contribution is 7.85. The van der Waals surface area contributed by atoms with E-state index in [1.54, 1.807) is 7.05 Å². The number of carbonyl (C=O) groups excluding carboxylic acids is 1. The monoisotopic (exact) mass is 497 g/mol. The summed E-state index contributed by atoms with van der Waals surface area (Å²) in [6.45, 7) is 7.44. The summed E-state index contributed by atoms with van der Waals surface area (Å²) >= 11 is 0. The minimum atomic E-state index is -4.05. The molecule has 4 saturated carbocycles. The number of carbonyl (C=O) groups is 1. The molecule has 0 spiro atoms. The van der Waals surface area contributed by atoms with Crippen LogP contribution in [-0.4, -0.2) is 54.3 Å². The molecule has 7 heteroatoms. The molecular weight excluding hydrogens is 450 g/mol. The number of hydrogen-bond donors (Lipinski definition) is 2. The molecule has 6 nitrogen and oxygen atoms in total. The topological polar surface area (TPSA) is 94.9 Å². The molecule has 0 aromatic carbocycles. The lowest BCUT2D eigenvalue weighted by Crippen LogP contribution is -2.54. The molecule has 0 heterocycles. The van der Waals surface area contributed by atoms with Crippen molar-refractivity contribution in [3.63, 3.8) is 0 Å². The lowest BCUT2D eigenvalue weighted by Gasteiger charge is -2.61. The highest BCUT2D eigenvalue weighted by Crippen LogP contribution is 2.68. The van der Waals surface area contributed by atoms with Crippen molar-refractivity contribution in [2.24, 2.45) is 46.3 Å². The predicted molar refractivity (Wildman–Crippen MR) is 134 cm³/mol. The van der Waals surface area contributed by atoms with E-state index in [0.29, 0.717) is 35.0 Å². The van der Waals surface area contributed by atoms with Crippen molar-refractivity contribution >= 4 is 16.0 Å². The lowest BCUT2D eigenvalue weighted by atomic mass is 9.44. The van der Waals surface area contributed by atoms with E-state index in [2.05, 4.69) is 20.8 Å². The first-order valence-corrected chi connectivity index (χ1v) is 15.3. The van der Waals surface area contributed by atoms with Crippen molar-refractivity contribution < 1.29 is 22.9 Å². The molecular formula is C27H47NO5S. The van der Waals surface area contributed by atoms with E-state index in [-0.39, 0.29) is 18.6 Å². The van der Waals surface area contributed by atoms with Crippen LogP contribution in [0.25, 0.3) is 0 Å². The van der Waals surface area contributed by atoms with Crippen LogP contribution in [0.1, 0.15) is 91.4 Å². The van der Waals surface area contributed by atoms with Gasteiger partial charge in [-0.25, -0.2) is 0 Å². The van der Waals surface area contributed by atoms with E-state index in [1.807, 2.05) is 0 Å². The first kappa shape index (κ1) is 26.4. The van der Waals surface area contributed by atoms with Gasteiger partial charge >= 0.3 is 0 Å². The summed E-state index contributed by atoms with van der Waals surface area (Å²) in [6.07, 6.45) is 12.2. The average molecular weight is 498 g/mol. The van der Waals surface area contributed by atoms with Crippen molar-refractivity contribution in [1.29, 1.82) is 0 Å². The smallest absolute Gasteiger partial charge is 0.266 e. The van der Waals surface area contributed by atoms with Gasteiger partial charge in [-0.15, -0.1) is 0 Å². The second kappa shape index (κ2) is 9.66. The van der Waals surface area contributed by atoms with Gasteiger partial charge in [0, 0.05) is 20.0 Å². The Morgan fingerprint density at radius 2 is 1.71 bits per heavy atom. The summed E-state index contributed by atoms with van der Waals surface area (Å²) < 4.78 is 30.9. The maximum absolute atomic E-state index is 12.6. The van der Waals surface area contributed by atoms with E-state index in [1.165, 1.54) is 49.8 Å². The molecule has 196 valence electrons. The molecule has 34 heavy (non-hydrogen) atoms. The van der Waals surface area contributed by atoms with Gasteiger partial charge in [0.2, 0.25) is 5.91 Å². The Balaban J connectivity index is 1.36. The summed E-state index contributed by atoms with van der Waals surface area (Å²) in [5.41, 5.74) is 0.768. The van der Waals surface area contributed by atoms with Gasteiger partial charge in [-0.1, -0.05) is 20.8 Å². The fraction of sp³-hybridized carbons (Fsp3) is 0.963. The fourth-order valence-corrected chi connectivity index (χ4v) is 9.84. The second-order valence-electron chi connectivity index (χ2n) is 12.9. The van der Waals surface area contributed by atoms with Crippen molar-refractivity contribution in [1.82, 2.24) is 4.90 Å². The van der Waals surface area contributed by atoms with E-state index < -0.39 is 15.9 Å². The Bertz CT molecular complexity index is 861. The quantitative estimate of drug-likeness (QED) is 0.494. The zero-order valence-corrected chi connectivity index (χ0v) is 22.5. The second-order valence-corrected chi connectivity index (χ2v) is 14.5. The van der Waals surface area contributed by atoms with E-state index in [9.17, 15) is 18.3 Å². The van der Waals surface area contributed by atoms with Gasteiger partial charge in [0.25, 0.3) is 10.1 Å². The van der Waals surface area contributed by atoms with Crippen LogP contribution in [0.2, 0.25) is 0 Å². The number of amides is 1. The third kappa shape index (κ3) is 4.95. The van der Waals surface area contributed by atoms with Crippen LogP contribution in [0.4, 0.5) is 0 Å². The highest BCUT2D eigenvalue weighted by atomic mass is 32.2. The van der Waals surface area contributed by atoms with Gasteiger partial charge in [0.15, 0.2) is 0 Å². The van der Waals surface area contributed by atoms with Crippen LogP contribution in [0, 0.1) is 46.3 Å². The average Bonchev–Trinajstić information content (AvgIpc) is 3.12. The van der Waals surface area contributed by atoms with E-state index >= 15 is 0 Å². The van der Waals surface area contributed by atoms with Crippen molar-refractivity contribution in [3.8, 4) is 0 Å². The van der Waals surface area contributed by atoms with Crippen LogP contribution in [-0.2, 0) is 14.9 Å². The number of hydrogen-bond acceptors (Lipinski definition) is 4. The Kier molecular flexibility index (Phi) is 7.50. The minimum Gasteiger partial charge on any atom is -0.393 e. The van der Waals surface area contributed by atoms with Gasteiger partial charge in [-0.2, -0.15) is 8.42 Å². The van der Waals surface area contributed by atoms with Crippen molar-refractivity contribution in [3.05, 3.63) is 0 Å². The van der Waals surface area contributed by atoms with Gasteiger partial charge < -0.3 is 10.0 Å². The molecule has 0 aromatic heterocycles. The molecule has 4 rings (SSSR count). The summed E-state index contributed by atoms with van der Waals surface area (Å²) in [6, 6.07) is 0. The Morgan fingerprint density at radius 3 is 2.41 bits per heavy atom. The van der Waals surface area contributed by atoms with Crippen LogP contribution < -0.4 is 0 Å². The third-order valence-electron chi connectivity index (χ3n) is 11.3. The first-order valence-electron chi connectivity index (χ1n) is 13.7. The fourth-order valence-electron chi connectivity index (χ4n) is 9.33. The van der Waals surface area contributed by atoms with E-state index in [4.69, 9.17) is 4.55 Å². The summed E-state index contributed by atoms with van der Waals surface area (Å²) in [4.78, 5) is 14.0. The molecule has 1 amide bonds. The molecule has 0 radical (unpaired) electrons. The molecule has 4 aliphatic rings. The summed E-state index contributed by atoms with van der Waals surface area (Å²) in [5.74, 6) is 3.79. The maximum atomic E-state index is 12.6. The molecule has 0 aliphatic heterocycles. The van der Waals surface area contributed by atoms with Crippen molar-refractivity contribution in [2.75, 3.05) is 19.3 Å². The van der Waals surface area contributed by atoms with Crippen LogP contribution >= 0.6 is 0 Å². The van der Waals surface area contributed by atoms with Crippen LogP contribution in [0.15, 0.2) is 0 Å². The molecule has 4 fully saturated rings. The number of fused-ring (bicyclic) bond motifs is 5. The van der Waals surface area contributed by atoms with E-state index in [0.717, 1.165) is 37.0 Å². The Labute approximate surface area is 207 Å². The molecule has 0 unspecified atom stereocenters. The number of aliphatic hydroxyl groups is 1. The number of aliphatic hydroxyl groups excluding tert-OH is 1. The lowest BCUT2D eigenvalue weighted by molar-refractivity contribution is -0.132. The Morgan fingerprint density at radius 1 is 1.03 bits per heavy atom. The standard InChI is InChI=1S/C27H47NO5S/c1-18(5-10-25(30)28(4)15-16-34(31,32)33)22-8-9-23-21-7-6-19-17-20(29)11-13-26(19,2)24(21)12-14-27(22,23)3/h18-24,29H,5-17H2,1-4H3,(H,31,32,33)/t18-,19-,20-,21+,22-,23+,24+,26+,27-/m1/s1. The minimum absolute atomic E-state index is 0.0368. The van der Waals surface area contributed by atoms with Gasteiger partial charge in [-0.3, -0.25) is 9.35 Å².